The number of ether oxygens (including phenoxy) is 2. The number of hydrogen-bond donors (Lipinski definition) is 2. The molecule has 0 radical (unpaired) electrons. The zero-order valence-corrected chi connectivity index (χ0v) is 9.81. The van der Waals surface area contributed by atoms with E-state index in [0.29, 0.717) is 13.0 Å². The third-order valence-corrected chi connectivity index (χ3v) is 2.41. The van der Waals surface area contributed by atoms with Crippen molar-refractivity contribution in [1.29, 1.82) is 0 Å². The molecule has 0 aliphatic carbocycles. The molecular weight excluding hydrogens is 212 g/mol. The summed E-state index contributed by atoms with van der Waals surface area (Å²) in [5.41, 5.74) is -0.755. The van der Waals surface area contributed by atoms with E-state index in [2.05, 4.69) is 0 Å². The van der Waals surface area contributed by atoms with Gasteiger partial charge in [-0.2, -0.15) is 0 Å². The van der Waals surface area contributed by atoms with Gasteiger partial charge >= 0.3 is 5.97 Å². The van der Waals surface area contributed by atoms with E-state index < -0.39 is 11.4 Å². The zero-order valence-electron chi connectivity index (χ0n) is 9.81. The Bertz CT molecular complexity index is 212. The van der Waals surface area contributed by atoms with Gasteiger partial charge in [-0.1, -0.05) is 6.92 Å². The Kier molecular flexibility index (Phi) is 7.58. The molecule has 0 saturated heterocycles. The molecule has 0 aliphatic heterocycles. The van der Waals surface area contributed by atoms with Gasteiger partial charge in [0.2, 0.25) is 0 Å². The van der Waals surface area contributed by atoms with Gasteiger partial charge in [-0.3, -0.25) is 0 Å². The fourth-order valence-corrected chi connectivity index (χ4v) is 0.939. The highest BCUT2D eigenvalue weighted by Crippen LogP contribution is 2.20. The summed E-state index contributed by atoms with van der Waals surface area (Å²) in [6, 6.07) is 0. The number of carbonyl (C=O) groups excluding carboxylic acids is 1. The Labute approximate surface area is 95.7 Å². The molecule has 0 fully saturated rings. The van der Waals surface area contributed by atoms with Gasteiger partial charge in [0.15, 0.2) is 0 Å². The fraction of sp³-hybridized carbons (Fsp3) is 0.727. The highest BCUT2D eigenvalue weighted by atomic mass is 16.5. The van der Waals surface area contributed by atoms with Gasteiger partial charge in [-0.05, 0) is 13.3 Å². The molecule has 0 heterocycles. The van der Waals surface area contributed by atoms with E-state index >= 15 is 0 Å². The molecule has 0 spiro atoms. The number of rotatable bonds is 8. The molecule has 0 atom stereocenters. The predicted octanol–water partition coefficient (Wildman–Crippen LogP) is 0.461. The van der Waals surface area contributed by atoms with Gasteiger partial charge in [-0.25, -0.2) is 4.79 Å². The Balaban J connectivity index is 4.06. The summed E-state index contributed by atoms with van der Waals surface area (Å²) in [4.78, 5) is 11.2. The van der Waals surface area contributed by atoms with Crippen molar-refractivity contribution in [2.75, 3.05) is 26.4 Å². The van der Waals surface area contributed by atoms with E-state index in [0.717, 1.165) is 0 Å². The van der Waals surface area contributed by atoms with Crippen LogP contribution in [0.2, 0.25) is 0 Å². The summed E-state index contributed by atoms with van der Waals surface area (Å²) in [7, 11) is 0. The second kappa shape index (κ2) is 8.13. The van der Waals surface area contributed by atoms with Crippen LogP contribution in [0, 0.1) is 5.41 Å². The number of esters is 1. The third kappa shape index (κ3) is 5.14. The Morgan fingerprint density at radius 3 is 2.38 bits per heavy atom. The van der Waals surface area contributed by atoms with Gasteiger partial charge in [0.1, 0.15) is 6.61 Å². The molecule has 0 aliphatic rings. The first-order valence-electron chi connectivity index (χ1n) is 5.30. The van der Waals surface area contributed by atoms with Crippen molar-refractivity contribution in [1.82, 2.24) is 0 Å². The van der Waals surface area contributed by atoms with Gasteiger partial charge in [-0.15, -0.1) is 0 Å². The Hall–Kier alpha value is -1.07. The van der Waals surface area contributed by atoms with E-state index in [1.165, 1.54) is 12.3 Å². The lowest BCUT2D eigenvalue weighted by molar-refractivity contribution is -0.143. The van der Waals surface area contributed by atoms with Crippen LogP contribution in [0.1, 0.15) is 20.3 Å². The molecular formula is C11H20O5. The van der Waals surface area contributed by atoms with Crippen molar-refractivity contribution >= 4 is 5.97 Å². The molecule has 0 bridgehead atoms. The van der Waals surface area contributed by atoms with Gasteiger partial charge in [0, 0.05) is 0 Å². The van der Waals surface area contributed by atoms with Crippen LogP contribution < -0.4 is 0 Å². The molecule has 94 valence electrons. The van der Waals surface area contributed by atoms with Crippen molar-refractivity contribution in [2.45, 2.75) is 20.3 Å². The van der Waals surface area contributed by atoms with Crippen molar-refractivity contribution in [3.8, 4) is 0 Å². The fourth-order valence-electron chi connectivity index (χ4n) is 0.939. The van der Waals surface area contributed by atoms with Crippen LogP contribution in [0.25, 0.3) is 0 Å². The minimum absolute atomic E-state index is 0.00814. The number of hydrogen-bond acceptors (Lipinski definition) is 5. The second-order valence-corrected chi connectivity index (χ2v) is 3.54. The average Bonchev–Trinajstić information content (AvgIpc) is 2.32. The molecule has 0 aromatic heterocycles. The lowest BCUT2D eigenvalue weighted by atomic mass is 9.88. The minimum atomic E-state index is -0.755. The van der Waals surface area contributed by atoms with Gasteiger partial charge in [0.05, 0.1) is 37.6 Å². The summed E-state index contributed by atoms with van der Waals surface area (Å²) < 4.78 is 9.74. The van der Waals surface area contributed by atoms with Crippen LogP contribution in [0.5, 0.6) is 0 Å². The molecule has 0 saturated carbocycles. The SMILES string of the molecule is CCOC=CC(=O)OCC(CC)(CO)CO. The quantitative estimate of drug-likeness (QED) is 0.361. The first-order chi connectivity index (χ1) is 7.64. The molecule has 0 rings (SSSR count). The average molecular weight is 232 g/mol. The van der Waals surface area contributed by atoms with Gasteiger partial charge in [0.25, 0.3) is 0 Å². The second-order valence-electron chi connectivity index (χ2n) is 3.54. The summed E-state index contributed by atoms with van der Waals surface area (Å²) >= 11 is 0. The molecule has 0 amide bonds. The smallest absolute Gasteiger partial charge is 0.333 e. The zero-order chi connectivity index (χ0) is 12.4. The first kappa shape index (κ1) is 14.9. The lowest BCUT2D eigenvalue weighted by Gasteiger charge is -2.27. The molecule has 0 unspecified atom stereocenters. The summed E-state index contributed by atoms with van der Waals surface area (Å²) in [5, 5.41) is 18.2. The monoisotopic (exact) mass is 232 g/mol. The number of aliphatic hydroxyl groups is 2. The van der Waals surface area contributed by atoms with Crippen LogP contribution in [0.15, 0.2) is 12.3 Å². The molecule has 16 heavy (non-hydrogen) atoms. The van der Waals surface area contributed by atoms with Crippen molar-refractivity contribution in [3.63, 3.8) is 0 Å². The van der Waals surface area contributed by atoms with E-state index in [9.17, 15) is 4.79 Å². The van der Waals surface area contributed by atoms with E-state index in [4.69, 9.17) is 19.7 Å². The lowest BCUT2D eigenvalue weighted by Crippen LogP contribution is -2.35. The van der Waals surface area contributed by atoms with Gasteiger partial charge < -0.3 is 19.7 Å². The summed E-state index contributed by atoms with van der Waals surface area (Å²) in [6.07, 6.45) is 2.95. The predicted molar refractivity (Wildman–Crippen MR) is 58.6 cm³/mol. The minimum Gasteiger partial charge on any atom is -0.501 e. The molecule has 5 heteroatoms. The van der Waals surface area contributed by atoms with Crippen LogP contribution in [-0.2, 0) is 14.3 Å². The maximum atomic E-state index is 11.2. The summed E-state index contributed by atoms with van der Waals surface area (Å²) in [5.74, 6) is -0.548. The standard InChI is InChI=1S/C11H20O5/c1-3-11(7-12,8-13)9-16-10(14)5-6-15-4-2/h5-6,12-13H,3-4,7-9H2,1-2H3. The largest absolute Gasteiger partial charge is 0.501 e. The van der Waals surface area contributed by atoms with Crippen LogP contribution >= 0.6 is 0 Å². The maximum Gasteiger partial charge on any atom is 0.333 e. The highest BCUT2D eigenvalue weighted by molar-refractivity contribution is 5.81. The number of aliphatic hydroxyl groups excluding tert-OH is 2. The van der Waals surface area contributed by atoms with E-state index in [-0.39, 0.29) is 19.8 Å². The van der Waals surface area contributed by atoms with E-state index in [1.54, 1.807) is 6.92 Å². The third-order valence-electron chi connectivity index (χ3n) is 2.41. The van der Waals surface area contributed by atoms with Crippen LogP contribution in [0.4, 0.5) is 0 Å². The van der Waals surface area contributed by atoms with Crippen LogP contribution in [-0.4, -0.2) is 42.6 Å². The Morgan fingerprint density at radius 2 is 1.94 bits per heavy atom. The maximum absolute atomic E-state index is 11.2. The normalized spacial score (nSPS) is 11.8. The van der Waals surface area contributed by atoms with Crippen molar-refractivity contribution < 1.29 is 24.5 Å². The van der Waals surface area contributed by atoms with Crippen molar-refractivity contribution in [3.05, 3.63) is 12.3 Å². The first-order valence-corrected chi connectivity index (χ1v) is 5.30. The molecule has 2 N–H and O–H groups in total. The molecule has 5 nitrogen and oxygen atoms in total. The summed E-state index contributed by atoms with van der Waals surface area (Å²) in [6.45, 7) is 3.65. The molecule has 0 aromatic carbocycles. The van der Waals surface area contributed by atoms with E-state index in [1.807, 2.05) is 6.92 Å². The molecule has 0 aromatic rings. The number of carbonyl (C=O) groups is 1. The van der Waals surface area contributed by atoms with Crippen molar-refractivity contribution in [2.24, 2.45) is 5.41 Å². The Morgan fingerprint density at radius 1 is 1.31 bits per heavy atom. The topological polar surface area (TPSA) is 76.0 Å². The highest BCUT2D eigenvalue weighted by Gasteiger charge is 2.28. The van der Waals surface area contributed by atoms with Crippen LogP contribution in [0.3, 0.4) is 0 Å².